The molecule has 1 aromatic heterocycles. The molecule has 0 unspecified atom stereocenters. The lowest BCUT2D eigenvalue weighted by Crippen LogP contribution is -2.38. The number of furan rings is 1. The second-order valence-corrected chi connectivity index (χ2v) is 5.43. The fourth-order valence-corrected chi connectivity index (χ4v) is 2.34. The highest BCUT2D eigenvalue weighted by molar-refractivity contribution is 5.99. The Labute approximate surface area is 127 Å². The number of carbonyl (C=O) groups is 2. The minimum atomic E-state index is -0.971. The van der Waals surface area contributed by atoms with E-state index in [4.69, 9.17) is 9.52 Å². The summed E-state index contributed by atoms with van der Waals surface area (Å²) in [5, 5.41) is 9.34. The molecule has 0 saturated carbocycles. The summed E-state index contributed by atoms with van der Waals surface area (Å²) in [5.74, 6) is -1.63. The molecule has 1 amide bonds. The third-order valence-electron chi connectivity index (χ3n) is 3.54. The summed E-state index contributed by atoms with van der Waals surface area (Å²) in [5.41, 5.74) is 0.990. The van der Waals surface area contributed by atoms with E-state index in [-0.39, 0.29) is 30.7 Å². The van der Waals surface area contributed by atoms with Crippen LogP contribution in [0.25, 0.3) is 11.0 Å². The Hall–Kier alpha value is -2.37. The highest BCUT2D eigenvalue weighted by Crippen LogP contribution is 2.27. The molecule has 0 aliphatic heterocycles. The monoisotopic (exact) mass is 307 g/mol. The number of aliphatic carboxylic acids is 1. The maximum atomic E-state index is 13.3. The standard InChI is InChI=1S/C16H18FNO4/c1-9(2)18(7-6-14(19)20)16(21)15-10(3)12-8-11(17)4-5-13(12)22-15/h4-5,8-9H,6-7H2,1-3H3,(H,19,20). The molecule has 2 aromatic rings. The SMILES string of the molecule is Cc1c(C(=O)N(CCC(=O)O)C(C)C)oc2ccc(F)cc12. The van der Waals surface area contributed by atoms with Crippen molar-refractivity contribution in [3.8, 4) is 0 Å². The summed E-state index contributed by atoms with van der Waals surface area (Å²) in [4.78, 5) is 24.8. The molecule has 0 spiro atoms. The van der Waals surface area contributed by atoms with Crippen LogP contribution in [-0.4, -0.2) is 34.5 Å². The second-order valence-electron chi connectivity index (χ2n) is 5.43. The van der Waals surface area contributed by atoms with Gasteiger partial charge in [0.1, 0.15) is 11.4 Å². The number of halogens is 1. The highest BCUT2D eigenvalue weighted by atomic mass is 19.1. The van der Waals surface area contributed by atoms with Gasteiger partial charge in [0.25, 0.3) is 5.91 Å². The minimum Gasteiger partial charge on any atom is -0.481 e. The van der Waals surface area contributed by atoms with Crippen LogP contribution in [0.2, 0.25) is 0 Å². The summed E-state index contributed by atoms with van der Waals surface area (Å²) in [6.45, 7) is 5.39. The molecule has 0 radical (unpaired) electrons. The van der Waals surface area contributed by atoms with Crippen molar-refractivity contribution in [2.45, 2.75) is 33.2 Å². The van der Waals surface area contributed by atoms with E-state index in [9.17, 15) is 14.0 Å². The lowest BCUT2D eigenvalue weighted by Gasteiger charge is -2.25. The molecule has 0 fully saturated rings. The van der Waals surface area contributed by atoms with E-state index in [1.165, 1.54) is 23.1 Å². The number of carboxylic acid groups (broad SMARTS) is 1. The van der Waals surface area contributed by atoms with Crippen LogP contribution in [0.3, 0.4) is 0 Å². The predicted octanol–water partition coefficient (Wildman–Crippen LogP) is 3.21. The van der Waals surface area contributed by atoms with E-state index in [1.807, 2.05) is 0 Å². The molecule has 1 N–H and O–H groups in total. The van der Waals surface area contributed by atoms with Crippen molar-refractivity contribution in [3.63, 3.8) is 0 Å². The van der Waals surface area contributed by atoms with E-state index in [2.05, 4.69) is 0 Å². The quantitative estimate of drug-likeness (QED) is 0.920. The van der Waals surface area contributed by atoms with Crippen LogP contribution >= 0.6 is 0 Å². The number of hydrogen-bond acceptors (Lipinski definition) is 3. The number of nitrogens with zero attached hydrogens (tertiary/aromatic N) is 1. The van der Waals surface area contributed by atoms with Crippen LogP contribution < -0.4 is 0 Å². The first-order valence-corrected chi connectivity index (χ1v) is 7.02. The van der Waals surface area contributed by atoms with Crippen molar-refractivity contribution < 1.29 is 23.5 Å². The van der Waals surface area contributed by atoms with Crippen molar-refractivity contribution in [2.75, 3.05) is 6.54 Å². The van der Waals surface area contributed by atoms with Crippen molar-refractivity contribution in [2.24, 2.45) is 0 Å². The van der Waals surface area contributed by atoms with Crippen molar-refractivity contribution >= 4 is 22.8 Å². The number of aryl methyl sites for hydroxylation is 1. The van der Waals surface area contributed by atoms with Crippen LogP contribution in [0.4, 0.5) is 4.39 Å². The smallest absolute Gasteiger partial charge is 0.305 e. The molecule has 22 heavy (non-hydrogen) atoms. The Bertz CT molecular complexity index is 720. The third-order valence-corrected chi connectivity index (χ3v) is 3.54. The summed E-state index contributed by atoms with van der Waals surface area (Å²) < 4.78 is 18.9. The Morgan fingerprint density at radius 1 is 1.36 bits per heavy atom. The molecule has 0 atom stereocenters. The molecule has 0 bridgehead atoms. The van der Waals surface area contributed by atoms with E-state index < -0.39 is 11.8 Å². The van der Waals surface area contributed by atoms with Gasteiger partial charge in [-0.05, 0) is 39.0 Å². The number of hydrogen-bond donors (Lipinski definition) is 1. The third kappa shape index (κ3) is 3.10. The number of amides is 1. The van der Waals surface area contributed by atoms with E-state index >= 15 is 0 Å². The Balaban J connectivity index is 2.38. The fraction of sp³-hybridized carbons (Fsp3) is 0.375. The zero-order valence-corrected chi connectivity index (χ0v) is 12.7. The molecule has 0 saturated heterocycles. The van der Waals surface area contributed by atoms with Gasteiger partial charge in [-0.25, -0.2) is 4.39 Å². The zero-order chi connectivity index (χ0) is 16.4. The average molecular weight is 307 g/mol. The first-order valence-electron chi connectivity index (χ1n) is 7.02. The number of benzene rings is 1. The number of rotatable bonds is 5. The summed E-state index contributed by atoms with van der Waals surface area (Å²) >= 11 is 0. The lowest BCUT2D eigenvalue weighted by atomic mass is 10.1. The molecule has 6 heteroatoms. The first-order chi connectivity index (χ1) is 10.3. The number of fused-ring (bicyclic) bond motifs is 1. The molecule has 2 rings (SSSR count). The molecule has 0 aliphatic rings. The average Bonchev–Trinajstić information content (AvgIpc) is 2.75. The van der Waals surface area contributed by atoms with Gasteiger partial charge in [-0.3, -0.25) is 9.59 Å². The van der Waals surface area contributed by atoms with E-state index in [1.54, 1.807) is 20.8 Å². The first kappa shape index (κ1) is 16.0. The molecule has 1 heterocycles. The van der Waals surface area contributed by atoms with Crippen LogP contribution in [0.1, 0.15) is 36.4 Å². The Morgan fingerprint density at radius 3 is 2.64 bits per heavy atom. The summed E-state index contributed by atoms with van der Waals surface area (Å²) in [6.07, 6.45) is -0.141. The molecule has 5 nitrogen and oxygen atoms in total. The van der Waals surface area contributed by atoms with Crippen molar-refractivity contribution in [1.29, 1.82) is 0 Å². The van der Waals surface area contributed by atoms with Gasteiger partial charge in [0.05, 0.1) is 6.42 Å². The predicted molar refractivity (Wildman–Crippen MR) is 79.3 cm³/mol. The molecular weight excluding hydrogens is 289 g/mol. The van der Waals surface area contributed by atoms with Gasteiger partial charge in [0.15, 0.2) is 5.76 Å². The second kappa shape index (κ2) is 6.17. The maximum absolute atomic E-state index is 13.3. The van der Waals surface area contributed by atoms with Gasteiger partial charge < -0.3 is 14.4 Å². The van der Waals surface area contributed by atoms with Gasteiger partial charge in [-0.15, -0.1) is 0 Å². The van der Waals surface area contributed by atoms with E-state index in [0.717, 1.165) is 0 Å². The topological polar surface area (TPSA) is 70.8 Å². The van der Waals surface area contributed by atoms with Gasteiger partial charge in [-0.2, -0.15) is 0 Å². The molecule has 0 aliphatic carbocycles. The largest absolute Gasteiger partial charge is 0.481 e. The van der Waals surface area contributed by atoms with Gasteiger partial charge in [0.2, 0.25) is 0 Å². The maximum Gasteiger partial charge on any atom is 0.305 e. The van der Waals surface area contributed by atoms with Crippen LogP contribution in [0.5, 0.6) is 0 Å². The minimum absolute atomic E-state index is 0.0939. The van der Waals surface area contributed by atoms with Crippen LogP contribution in [-0.2, 0) is 4.79 Å². The van der Waals surface area contributed by atoms with Gasteiger partial charge in [-0.1, -0.05) is 0 Å². The molecule has 118 valence electrons. The van der Waals surface area contributed by atoms with Gasteiger partial charge in [0, 0.05) is 23.5 Å². The molecular formula is C16H18FNO4. The van der Waals surface area contributed by atoms with Crippen molar-refractivity contribution in [3.05, 3.63) is 35.3 Å². The van der Waals surface area contributed by atoms with Crippen molar-refractivity contribution in [1.82, 2.24) is 4.90 Å². The van der Waals surface area contributed by atoms with E-state index in [0.29, 0.717) is 16.5 Å². The summed E-state index contributed by atoms with van der Waals surface area (Å²) in [7, 11) is 0. The Morgan fingerprint density at radius 2 is 2.05 bits per heavy atom. The van der Waals surface area contributed by atoms with Crippen LogP contribution in [0.15, 0.2) is 22.6 Å². The lowest BCUT2D eigenvalue weighted by molar-refractivity contribution is -0.137. The normalized spacial score (nSPS) is 11.1. The fourth-order valence-electron chi connectivity index (χ4n) is 2.34. The number of carbonyl (C=O) groups excluding carboxylic acids is 1. The number of carboxylic acids is 1. The van der Waals surface area contributed by atoms with Crippen LogP contribution in [0, 0.1) is 12.7 Å². The highest BCUT2D eigenvalue weighted by Gasteiger charge is 2.25. The summed E-state index contributed by atoms with van der Waals surface area (Å²) in [6, 6.07) is 3.90. The molecule has 1 aromatic carbocycles. The Kier molecular flexibility index (Phi) is 4.49. The van der Waals surface area contributed by atoms with Gasteiger partial charge >= 0.3 is 5.97 Å². The zero-order valence-electron chi connectivity index (χ0n) is 12.7.